The molecule has 0 radical (unpaired) electrons. The van der Waals surface area contributed by atoms with Crippen LogP contribution in [0.1, 0.15) is 5.56 Å². The van der Waals surface area contributed by atoms with Crippen LogP contribution in [0.15, 0.2) is 67.1 Å². The normalized spacial score (nSPS) is 11.0. The molecule has 3 nitrogen and oxygen atoms in total. The molecule has 0 unspecified atom stereocenters. The summed E-state index contributed by atoms with van der Waals surface area (Å²) in [6.45, 7) is 2.05. The molecule has 2 aromatic carbocycles. The molecule has 0 fully saturated rings. The molecule has 2 aromatic heterocycles. The van der Waals surface area contributed by atoms with Crippen LogP contribution in [0.3, 0.4) is 0 Å². The Labute approximate surface area is 133 Å². The van der Waals surface area contributed by atoms with Crippen LogP contribution in [0.4, 0.5) is 4.39 Å². The van der Waals surface area contributed by atoms with E-state index < -0.39 is 0 Å². The van der Waals surface area contributed by atoms with E-state index in [1.807, 2.05) is 28.8 Å². The number of benzene rings is 2. The van der Waals surface area contributed by atoms with Gasteiger partial charge in [0, 0.05) is 17.3 Å². The van der Waals surface area contributed by atoms with E-state index in [2.05, 4.69) is 29.0 Å². The summed E-state index contributed by atoms with van der Waals surface area (Å²) in [6.07, 6.45) is 5.44. The van der Waals surface area contributed by atoms with Gasteiger partial charge < -0.3 is 0 Å². The molecular formula is C19H14FN3. The first-order chi connectivity index (χ1) is 11.2. The Morgan fingerprint density at radius 3 is 2.48 bits per heavy atom. The number of hydrogen-bond acceptors (Lipinski definition) is 2. The Kier molecular flexibility index (Phi) is 3.15. The fourth-order valence-corrected chi connectivity index (χ4v) is 2.61. The molecule has 4 rings (SSSR count). The number of halogens is 1. The SMILES string of the molecule is Cc1ccc(-c2ncc3cnc(-c4cccc(F)c4)cn23)cc1. The number of aryl methyl sites for hydroxylation is 1. The minimum atomic E-state index is -0.270. The molecule has 0 saturated carbocycles. The largest absolute Gasteiger partial charge is 0.296 e. The minimum Gasteiger partial charge on any atom is -0.296 e. The van der Waals surface area contributed by atoms with E-state index >= 15 is 0 Å². The van der Waals surface area contributed by atoms with E-state index in [1.165, 1.54) is 17.7 Å². The van der Waals surface area contributed by atoms with Gasteiger partial charge in [0.05, 0.1) is 23.6 Å². The summed E-state index contributed by atoms with van der Waals surface area (Å²) >= 11 is 0. The number of rotatable bonds is 2. The van der Waals surface area contributed by atoms with Crippen molar-refractivity contribution < 1.29 is 4.39 Å². The van der Waals surface area contributed by atoms with Gasteiger partial charge in [-0.2, -0.15) is 0 Å². The molecular weight excluding hydrogens is 289 g/mol. The van der Waals surface area contributed by atoms with Crippen molar-refractivity contribution in [1.29, 1.82) is 0 Å². The topological polar surface area (TPSA) is 30.2 Å². The molecule has 0 amide bonds. The van der Waals surface area contributed by atoms with Gasteiger partial charge in [0.2, 0.25) is 0 Å². The van der Waals surface area contributed by atoms with E-state index in [0.717, 1.165) is 22.5 Å². The smallest absolute Gasteiger partial charge is 0.144 e. The van der Waals surface area contributed by atoms with E-state index in [4.69, 9.17) is 0 Å². The van der Waals surface area contributed by atoms with Crippen LogP contribution in [0, 0.1) is 12.7 Å². The highest BCUT2D eigenvalue weighted by molar-refractivity contribution is 5.66. The average Bonchev–Trinajstić information content (AvgIpc) is 2.99. The molecule has 0 saturated heterocycles. The molecule has 0 bridgehead atoms. The summed E-state index contributed by atoms with van der Waals surface area (Å²) in [4.78, 5) is 8.91. The van der Waals surface area contributed by atoms with Gasteiger partial charge in [0.1, 0.15) is 11.6 Å². The highest BCUT2D eigenvalue weighted by atomic mass is 19.1. The molecule has 4 aromatic rings. The number of aromatic nitrogens is 3. The van der Waals surface area contributed by atoms with Crippen molar-refractivity contribution in [2.45, 2.75) is 6.92 Å². The van der Waals surface area contributed by atoms with E-state index in [-0.39, 0.29) is 5.82 Å². The quantitative estimate of drug-likeness (QED) is 0.545. The number of hydrogen-bond donors (Lipinski definition) is 0. The van der Waals surface area contributed by atoms with Crippen LogP contribution in [0.25, 0.3) is 28.2 Å². The fourth-order valence-electron chi connectivity index (χ4n) is 2.61. The summed E-state index contributed by atoms with van der Waals surface area (Å²) in [5, 5.41) is 0. The maximum atomic E-state index is 13.4. The highest BCUT2D eigenvalue weighted by Gasteiger charge is 2.09. The van der Waals surface area contributed by atoms with Gasteiger partial charge in [-0.05, 0) is 19.1 Å². The summed E-state index contributed by atoms with van der Waals surface area (Å²) < 4.78 is 15.4. The lowest BCUT2D eigenvalue weighted by Crippen LogP contribution is -1.93. The molecule has 23 heavy (non-hydrogen) atoms. The zero-order chi connectivity index (χ0) is 15.8. The van der Waals surface area contributed by atoms with Gasteiger partial charge in [0.15, 0.2) is 0 Å². The van der Waals surface area contributed by atoms with Gasteiger partial charge in [-0.1, -0.05) is 42.0 Å². The predicted octanol–water partition coefficient (Wildman–Crippen LogP) is 4.51. The van der Waals surface area contributed by atoms with Crippen molar-refractivity contribution in [1.82, 2.24) is 14.4 Å². The summed E-state index contributed by atoms with van der Waals surface area (Å²) in [6, 6.07) is 14.7. The summed E-state index contributed by atoms with van der Waals surface area (Å²) in [7, 11) is 0. The fraction of sp³-hybridized carbons (Fsp3) is 0.0526. The van der Waals surface area contributed by atoms with Gasteiger partial charge in [0.25, 0.3) is 0 Å². The first kappa shape index (κ1) is 13.6. The Hall–Kier alpha value is -3.01. The Morgan fingerprint density at radius 1 is 0.913 bits per heavy atom. The lowest BCUT2D eigenvalue weighted by atomic mass is 10.1. The lowest BCUT2D eigenvalue weighted by molar-refractivity contribution is 0.628. The second kappa shape index (κ2) is 5.32. The zero-order valence-electron chi connectivity index (χ0n) is 12.6. The van der Waals surface area contributed by atoms with Crippen LogP contribution >= 0.6 is 0 Å². The maximum absolute atomic E-state index is 13.4. The van der Waals surface area contributed by atoms with Crippen molar-refractivity contribution >= 4 is 5.52 Å². The minimum absolute atomic E-state index is 0.270. The molecule has 2 heterocycles. The number of nitrogens with zero attached hydrogens (tertiary/aromatic N) is 3. The third-order valence-corrected chi connectivity index (χ3v) is 3.84. The molecule has 0 aliphatic heterocycles. The summed E-state index contributed by atoms with van der Waals surface area (Å²) in [5.74, 6) is 0.578. The Bertz CT molecular complexity index is 987. The second-order valence-electron chi connectivity index (χ2n) is 5.53. The third-order valence-electron chi connectivity index (χ3n) is 3.84. The van der Waals surface area contributed by atoms with Crippen molar-refractivity contribution in [3.8, 4) is 22.6 Å². The molecule has 0 N–H and O–H groups in total. The van der Waals surface area contributed by atoms with E-state index in [9.17, 15) is 4.39 Å². The van der Waals surface area contributed by atoms with Crippen molar-refractivity contribution in [2.75, 3.05) is 0 Å². The predicted molar refractivity (Wildman–Crippen MR) is 88.6 cm³/mol. The van der Waals surface area contributed by atoms with Gasteiger partial charge in [-0.3, -0.25) is 9.38 Å². The first-order valence-electron chi connectivity index (χ1n) is 7.37. The molecule has 112 valence electrons. The van der Waals surface area contributed by atoms with Crippen molar-refractivity contribution in [3.05, 3.63) is 78.5 Å². The van der Waals surface area contributed by atoms with Crippen LogP contribution in [0.2, 0.25) is 0 Å². The van der Waals surface area contributed by atoms with Crippen LogP contribution in [0.5, 0.6) is 0 Å². The zero-order valence-corrected chi connectivity index (χ0v) is 12.6. The maximum Gasteiger partial charge on any atom is 0.144 e. The van der Waals surface area contributed by atoms with Crippen LogP contribution in [-0.4, -0.2) is 14.4 Å². The molecule has 0 spiro atoms. The highest BCUT2D eigenvalue weighted by Crippen LogP contribution is 2.23. The van der Waals surface area contributed by atoms with Gasteiger partial charge in [-0.15, -0.1) is 0 Å². The van der Waals surface area contributed by atoms with Gasteiger partial charge in [-0.25, -0.2) is 9.37 Å². The molecule has 0 aliphatic carbocycles. The Morgan fingerprint density at radius 2 is 1.70 bits per heavy atom. The van der Waals surface area contributed by atoms with Crippen LogP contribution in [-0.2, 0) is 0 Å². The van der Waals surface area contributed by atoms with E-state index in [0.29, 0.717) is 5.69 Å². The van der Waals surface area contributed by atoms with Gasteiger partial charge >= 0.3 is 0 Å². The van der Waals surface area contributed by atoms with Crippen LogP contribution < -0.4 is 0 Å². The first-order valence-corrected chi connectivity index (χ1v) is 7.37. The standard InChI is InChI=1S/C19H14FN3/c1-13-5-7-14(8-6-13)19-22-11-17-10-21-18(12-23(17)19)15-3-2-4-16(20)9-15/h2-12H,1H3. The summed E-state index contributed by atoms with van der Waals surface area (Å²) in [5.41, 5.74) is 4.60. The monoisotopic (exact) mass is 303 g/mol. The molecule has 0 aliphatic rings. The number of imidazole rings is 1. The average molecular weight is 303 g/mol. The lowest BCUT2D eigenvalue weighted by Gasteiger charge is -2.05. The number of fused-ring (bicyclic) bond motifs is 1. The third kappa shape index (κ3) is 2.48. The van der Waals surface area contributed by atoms with Crippen molar-refractivity contribution in [2.24, 2.45) is 0 Å². The second-order valence-corrected chi connectivity index (χ2v) is 5.53. The molecule has 4 heteroatoms. The Balaban J connectivity index is 1.88. The van der Waals surface area contributed by atoms with Crippen molar-refractivity contribution in [3.63, 3.8) is 0 Å². The van der Waals surface area contributed by atoms with E-state index in [1.54, 1.807) is 18.5 Å². The molecule has 0 atom stereocenters.